The van der Waals surface area contributed by atoms with Gasteiger partial charge in [-0.1, -0.05) is 0 Å². The zero-order valence-corrected chi connectivity index (χ0v) is 12.2. The molecule has 34 valence electrons. The van der Waals surface area contributed by atoms with Crippen molar-refractivity contribution in [2.24, 2.45) is 0 Å². The Hall–Kier alpha value is 2.72. The van der Waals surface area contributed by atoms with Crippen molar-refractivity contribution in [3.63, 3.8) is 0 Å². The first kappa shape index (κ1) is 23.3. The van der Waals surface area contributed by atoms with E-state index < -0.39 is 0 Å². The van der Waals surface area contributed by atoms with Crippen molar-refractivity contribution >= 4 is 50.2 Å². The van der Waals surface area contributed by atoms with Crippen LogP contribution >= 0.6 is 0 Å². The molecule has 0 bridgehead atoms. The topological polar surface area (TPSA) is 34.1 Å². The number of rotatable bonds is 0. The van der Waals surface area contributed by atoms with E-state index in [0.29, 0.717) is 19.8 Å². The smallest absolute Gasteiger partial charge is 0 e. The first-order chi connectivity index (χ1) is 2.00. The van der Waals surface area contributed by atoms with Crippen LogP contribution in [0.5, 0.6) is 0 Å². The molecule has 0 atom stereocenters. The predicted molar refractivity (Wildman–Crippen MR) is 18.5 cm³/mol. The molecule has 0 spiro atoms. The molecule has 6 heteroatoms. The summed E-state index contributed by atoms with van der Waals surface area (Å²) in [6, 6.07) is 0. The third-order valence-corrected chi connectivity index (χ3v) is 0. The maximum atomic E-state index is 8.42. The minimum absolute atomic E-state index is 0. The van der Waals surface area contributed by atoms with E-state index in [9.17, 15) is 0 Å². The van der Waals surface area contributed by atoms with Gasteiger partial charge in [0.15, 0.2) is 0 Å². The van der Waals surface area contributed by atoms with Gasteiger partial charge in [-0.3, -0.25) is 0 Å². The van der Waals surface area contributed by atoms with Crippen LogP contribution in [0.25, 0.3) is 0 Å². The van der Waals surface area contributed by atoms with Gasteiger partial charge in [-0.05, 0) is 0 Å². The maximum Gasteiger partial charge on any atom is 0 e. The first-order valence-electron chi connectivity index (χ1n) is 0.455. The molecule has 0 saturated heterocycles. The van der Waals surface area contributed by atoms with Crippen molar-refractivity contribution in [3.8, 4) is 0 Å². The van der Waals surface area contributed by atoms with E-state index in [4.69, 9.17) is 6.25 Å². The zero-order valence-electron chi connectivity index (χ0n) is 2.34. The Morgan fingerprint density at radius 3 is 1.17 bits per heavy atom. The number of hydrogen-bond acceptors (Lipinski definition) is 2. The van der Waals surface area contributed by atoms with Gasteiger partial charge in [0.05, 0.1) is 0 Å². The molecule has 0 N–H and O–H groups in total. The quantitative estimate of drug-likeness (QED) is 0.308. The molecule has 0 aliphatic carbocycles. The maximum absolute atomic E-state index is 8.42. The molecule has 0 rings (SSSR count). The fraction of sp³-hybridized carbons (Fsp3) is 0. The molecule has 6 heavy (non-hydrogen) atoms. The van der Waals surface area contributed by atoms with Crippen LogP contribution in [0.4, 0.5) is 0 Å². The van der Waals surface area contributed by atoms with Crippen molar-refractivity contribution in [1.82, 2.24) is 0 Å². The Morgan fingerprint density at radius 2 is 1.17 bits per heavy atom. The SMILES string of the molecule is [InH3].[O]=[InH].[O]=[W].[W]. The van der Waals surface area contributed by atoms with E-state index >= 15 is 0 Å². The molecule has 0 heterocycles. The summed E-state index contributed by atoms with van der Waals surface area (Å²) in [4.78, 5) is 0. The zero-order chi connectivity index (χ0) is 4.00. The summed E-state index contributed by atoms with van der Waals surface area (Å²) in [6.07, 6.45) is 0. The van der Waals surface area contributed by atoms with Gasteiger partial charge in [-0.15, -0.1) is 0 Å². The average molecular weight is 633 g/mol. The Kier molecular flexibility index (Phi) is 183. The van der Waals surface area contributed by atoms with Gasteiger partial charge in [0.25, 0.3) is 0 Å². The molecule has 0 aromatic carbocycles. The molecule has 0 aliphatic heterocycles. The van der Waals surface area contributed by atoms with Gasteiger partial charge in [0.1, 0.15) is 0 Å². The van der Waals surface area contributed by atoms with Crippen molar-refractivity contribution < 1.29 is 47.1 Å². The Morgan fingerprint density at radius 1 is 1.17 bits per heavy atom. The largest absolute Gasteiger partial charge is 0 e. The predicted octanol–water partition coefficient (Wildman–Crippen LogP) is -2.08. The van der Waals surface area contributed by atoms with Gasteiger partial charge < -0.3 is 0 Å². The van der Waals surface area contributed by atoms with Crippen LogP contribution in [0.2, 0.25) is 0 Å². The molecule has 0 radical (unpaired) electrons. The Labute approximate surface area is 95.5 Å². The summed E-state index contributed by atoms with van der Waals surface area (Å²) >= 11 is 0.233. The fourth-order valence-electron chi connectivity index (χ4n) is 0. The van der Waals surface area contributed by atoms with E-state index in [1.807, 2.05) is 0 Å². The molecule has 0 saturated carbocycles. The van der Waals surface area contributed by atoms with Gasteiger partial charge in [0.2, 0.25) is 0 Å². The summed E-state index contributed by atoms with van der Waals surface area (Å²) in [7, 11) is 0. The van der Waals surface area contributed by atoms with E-state index in [2.05, 4.69) is 0 Å². The van der Waals surface area contributed by atoms with Crippen LogP contribution in [0, 0.1) is 0 Å². The first-order valence-corrected chi connectivity index (χ1v) is 3.30. The van der Waals surface area contributed by atoms with Gasteiger partial charge in [0, 0.05) is 21.1 Å². The molecule has 2 nitrogen and oxygen atoms in total. The minimum Gasteiger partial charge on any atom is 0 e. The van der Waals surface area contributed by atoms with E-state index in [1.54, 1.807) is 0 Å². The number of hydrogen-bond donors (Lipinski definition) is 0. The van der Waals surface area contributed by atoms with Crippen LogP contribution in [0.15, 0.2) is 0 Å². The van der Waals surface area contributed by atoms with E-state index in [-0.39, 0.29) is 71.3 Å². The van der Waals surface area contributed by atoms with Gasteiger partial charge in [-0.2, -0.15) is 0 Å². The van der Waals surface area contributed by atoms with Crippen molar-refractivity contribution in [2.75, 3.05) is 0 Å². The third-order valence-electron chi connectivity index (χ3n) is 0. The molecule has 0 aromatic heterocycles. The van der Waals surface area contributed by atoms with Crippen molar-refractivity contribution in [1.29, 1.82) is 0 Å². The normalized spacial score (nSPS) is 1.17. The van der Waals surface area contributed by atoms with Gasteiger partial charge in [-0.25, -0.2) is 0 Å². The molecule has 0 aliphatic rings. The average Bonchev–Trinajstić information content (AvgIpc) is 1.50. The summed E-state index contributed by atoms with van der Waals surface area (Å²) in [5, 5.41) is 0. The molecule has 0 amide bonds. The summed E-state index contributed by atoms with van der Waals surface area (Å²) in [6.45, 7) is 0. The van der Waals surface area contributed by atoms with E-state index in [0.717, 1.165) is 0 Å². The molecule has 0 aromatic rings. The second-order valence-corrected chi connectivity index (χ2v) is 0. The van der Waals surface area contributed by atoms with Crippen LogP contribution in [0.3, 0.4) is 0 Å². The Balaban J connectivity index is -0.00000000500. The molecule has 0 unspecified atom stereocenters. The van der Waals surface area contributed by atoms with Crippen molar-refractivity contribution in [3.05, 3.63) is 0 Å². The second kappa shape index (κ2) is 47.2. The second-order valence-electron chi connectivity index (χ2n) is 0. The third kappa shape index (κ3) is 29.7. The van der Waals surface area contributed by atoms with Crippen molar-refractivity contribution in [2.45, 2.75) is 0 Å². The Bertz CT molecular complexity index is 11.5. The summed E-state index contributed by atoms with van der Waals surface area (Å²) in [5.74, 6) is 0. The minimum atomic E-state index is -0.1000. The van der Waals surface area contributed by atoms with Gasteiger partial charge >= 0.3 is 76.2 Å². The monoisotopic (exact) mass is 634 g/mol. The van der Waals surface area contributed by atoms with Crippen LogP contribution in [0.1, 0.15) is 0 Å². The molecular formula is H4In2O2W2. The van der Waals surface area contributed by atoms with Crippen LogP contribution in [-0.4, -0.2) is 50.2 Å². The van der Waals surface area contributed by atoms with Crippen LogP contribution in [-0.2, 0) is 47.1 Å². The van der Waals surface area contributed by atoms with E-state index in [1.165, 1.54) is 0 Å². The molecule has 0 fully saturated rings. The summed E-state index contributed by atoms with van der Waals surface area (Å²) in [5.41, 5.74) is 0. The molecular weight excluding hydrogens is 629 g/mol. The summed E-state index contributed by atoms with van der Waals surface area (Å²) < 4.78 is 16.8. The fourth-order valence-corrected chi connectivity index (χ4v) is 0. The van der Waals surface area contributed by atoms with Crippen LogP contribution < -0.4 is 0 Å². The standard InChI is InChI=1S/2In.2O.2W.4H.